The molecule has 0 fully saturated rings. The highest BCUT2D eigenvalue weighted by atomic mass is 28.5. The van der Waals surface area contributed by atoms with Crippen LogP contribution in [0.3, 0.4) is 0 Å². The van der Waals surface area contributed by atoms with Gasteiger partial charge in [0.15, 0.2) is 18.1 Å². The predicted molar refractivity (Wildman–Crippen MR) is 173 cm³/mol. The van der Waals surface area contributed by atoms with Crippen LogP contribution in [0, 0.1) is 0 Å². The molecular weight excluding hydrogens is 597 g/mol. The van der Waals surface area contributed by atoms with Gasteiger partial charge in [-0.3, -0.25) is 0 Å². The van der Waals surface area contributed by atoms with E-state index in [0.29, 0.717) is 112 Å². The van der Waals surface area contributed by atoms with Gasteiger partial charge in [0.1, 0.15) is 0 Å². The van der Waals surface area contributed by atoms with E-state index in [0.717, 1.165) is 12.5 Å². The second kappa shape index (κ2) is 27.5. The Bertz CT molecular complexity index is 580. The summed E-state index contributed by atoms with van der Waals surface area (Å²) < 4.78 is 62.0. The zero-order valence-electron chi connectivity index (χ0n) is 28.1. The highest BCUT2D eigenvalue weighted by Gasteiger charge is 2.36. The van der Waals surface area contributed by atoms with Crippen molar-refractivity contribution in [3.8, 4) is 0 Å². The molecule has 1 unspecified atom stereocenters. The number of methoxy groups -OCH3 is 1. The van der Waals surface area contributed by atoms with Crippen molar-refractivity contribution in [1.82, 2.24) is 0 Å². The monoisotopic (exact) mass is 660 g/mol. The fourth-order valence-electron chi connectivity index (χ4n) is 3.45. The van der Waals surface area contributed by atoms with E-state index in [1.165, 1.54) is 0 Å². The summed E-state index contributed by atoms with van der Waals surface area (Å²) in [6.45, 7) is 25.2. The van der Waals surface area contributed by atoms with Crippen molar-refractivity contribution in [2.75, 3.05) is 119 Å². The second-order valence-electron chi connectivity index (χ2n) is 12.2. The van der Waals surface area contributed by atoms with Gasteiger partial charge in [-0.15, -0.1) is 0 Å². The van der Waals surface area contributed by atoms with E-state index in [4.69, 9.17) is 50.9 Å². The van der Waals surface area contributed by atoms with Gasteiger partial charge < -0.3 is 50.9 Å². The molecule has 1 atom stereocenters. The maximum atomic E-state index is 6.55. The van der Waals surface area contributed by atoms with Crippen molar-refractivity contribution in [3.05, 3.63) is 0 Å². The molecule has 42 heavy (non-hydrogen) atoms. The molecule has 0 aromatic rings. The van der Waals surface area contributed by atoms with Gasteiger partial charge in [-0.2, -0.15) is 0 Å². The van der Waals surface area contributed by atoms with Gasteiger partial charge in [0.2, 0.25) is 0 Å². The van der Waals surface area contributed by atoms with Crippen molar-refractivity contribution in [3.63, 3.8) is 0 Å². The van der Waals surface area contributed by atoms with Gasteiger partial charge in [0, 0.05) is 13.7 Å². The lowest BCUT2D eigenvalue weighted by molar-refractivity contribution is -0.0242. The smallest absolute Gasteiger partial charge is 0.314 e. The average Bonchev–Trinajstić information content (AvgIpc) is 2.90. The van der Waals surface area contributed by atoms with Gasteiger partial charge in [0.25, 0.3) is 0 Å². The molecule has 0 aliphatic heterocycles. The molecule has 11 nitrogen and oxygen atoms in total. The molecule has 14 heteroatoms. The summed E-state index contributed by atoms with van der Waals surface area (Å²) in [6.07, 6.45) is 0.955. The Hall–Kier alpha value is 0.211. The molecule has 0 N–H and O–H groups in total. The van der Waals surface area contributed by atoms with Gasteiger partial charge in [-0.25, -0.2) is 0 Å². The molecule has 0 aliphatic carbocycles. The van der Waals surface area contributed by atoms with E-state index >= 15 is 0 Å². The first-order valence-electron chi connectivity index (χ1n) is 15.4. The first-order chi connectivity index (χ1) is 20.0. The standard InChI is InChI=1S/C28H64O11Si3/c1-28(2,3)40-38-42(8,39-41(5,6)7)27-9-10-30-13-14-32-17-18-34-21-22-36-25-26-37-24-23-35-20-19-33-16-15-31-12-11-29-4/h9-27,40H2,1-8H3. The third-order valence-corrected chi connectivity index (χ3v) is 14.6. The SMILES string of the molecule is COCCOCCOCCOCCOCCOCCOCCOCCOCCC[Si](C)(O[SiH2]C(C)(C)C)O[Si](C)(C)C. The van der Waals surface area contributed by atoms with Crippen LogP contribution in [0.1, 0.15) is 27.2 Å². The topological polar surface area (TPSA) is 102 Å². The molecule has 0 saturated heterocycles. The fraction of sp³-hybridized carbons (Fsp3) is 1.00. The van der Waals surface area contributed by atoms with E-state index in [2.05, 4.69) is 47.0 Å². The molecule has 0 saturated carbocycles. The van der Waals surface area contributed by atoms with Gasteiger partial charge in [-0.1, -0.05) is 20.8 Å². The Balaban J connectivity index is 3.42. The van der Waals surface area contributed by atoms with Gasteiger partial charge in [-0.05, 0) is 43.7 Å². The van der Waals surface area contributed by atoms with Crippen LogP contribution in [0.25, 0.3) is 0 Å². The number of ether oxygens (including phenoxy) is 9. The Morgan fingerprint density at radius 2 is 0.786 bits per heavy atom. The molecule has 0 radical (unpaired) electrons. The van der Waals surface area contributed by atoms with Crippen LogP contribution in [-0.4, -0.2) is 146 Å². The molecule has 0 rings (SSSR count). The summed E-state index contributed by atoms with van der Waals surface area (Å²) in [7, 11) is -2.79. The highest BCUT2D eigenvalue weighted by Crippen LogP contribution is 2.27. The molecule has 254 valence electrons. The van der Waals surface area contributed by atoms with Crippen molar-refractivity contribution < 1.29 is 50.9 Å². The molecule has 0 aromatic heterocycles. The summed E-state index contributed by atoms with van der Waals surface area (Å²) >= 11 is 0. The molecular formula is C28H64O11Si3. The summed E-state index contributed by atoms with van der Waals surface area (Å²) in [5, 5.41) is 0.269. The minimum atomic E-state index is -2.15. The quantitative estimate of drug-likeness (QED) is 0.0784. The average molecular weight is 661 g/mol. The lowest BCUT2D eigenvalue weighted by Crippen LogP contribution is -2.49. The Morgan fingerprint density at radius 1 is 0.476 bits per heavy atom. The Kier molecular flexibility index (Phi) is 27.7. The van der Waals surface area contributed by atoms with Gasteiger partial charge >= 0.3 is 8.56 Å². The van der Waals surface area contributed by atoms with Crippen LogP contribution in [0.2, 0.25) is 37.3 Å². The molecule has 0 spiro atoms. The van der Waals surface area contributed by atoms with Crippen LogP contribution < -0.4 is 0 Å². The van der Waals surface area contributed by atoms with Gasteiger partial charge in [0.05, 0.1) is 106 Å². The van der Waals surface area contributed by atoms with Crippen LogP contribution >= 0.6 is 0 Å². The first-order valence-corrected chi connectivity index (χ1v) is 22.6. The molecule has 0 heterocycles. The summed E-state index contributed by atoms with van der Waals surface area (Å²) in [4.78, 5) is 0. The minimum absolute atomic E-state index is 0.269. The highest BCUT2D eigenvalue weighted by molar-refractivity contribution is 6.83. The molecule has 0 aromatic carbocycles. The molecule has 0 aliphatic rings. The first kappa shape index (κ1) is 42.2. The third kappa shape index (κ3) is 33.1. The third-order valence-electron chi connectivity index (χ3n) is 5.29. The van der Waals surface area contributed by atoms with Crippen molar-refractivity contribution in [1.29, 1.82) is 0 Å². The van der Waals surface area contributed by atoms with Crippen molar-refractivity contribution >= 4 is 26.6 Å². The molecule has 0 bridgehead atoms. The maximum absolute atomic E-state index is 6.55. The summed E-state index contributed by atoms with van der Waals surface area (Å²) in [6, 6.07) is 0.973. The van der Waals surface area contributed by atoms with Crippen LogP contribution in [0.4, 0.5) is 0 Å². The number of hydrogen-bond acceptors (Lipinski definition) is 11. The number of rotatable bonds is 32. The van der Waals surface area contributed by atoms with Crippen molar-refractivity contribution in [2.24, 2.45) is 0 Å². The Morgan fingerprint density at radius 3 is 1.07 bits per heavy atom. The zero-order valence-corrected chi connectivity index (χ0v) is 31.5. The Labute approximate surface area is 261 Å². The van der Waals surface area contributed by atoms with Crippen molar-refractivity contribution in [2.45, 2.75) is 64.5 Å². The van der Waals surface area contributed by atoms with E-state index in [1.54, 1.807) is 7.11 Å². The second-order valence-corrected chi connectivity index (χ2v) is 23.6. The zero-order chi connectivity index (χ0) is 31.4. The molecule has 0 amide bonds. The fourth-order valence-corrected chi connectivity index (χ4v) is 14.1. The lowest BCUT2D eigenvalue weighted by Gasteiger charge is -2.36. The van der Waals surface area contributed by atoms with Crippen LogP contribution in [-0.2, 0) is 50.9 Å². The minimum Gasteiger partial charge on any atom is -0.441 e. The lowest BCUT2D eigenvalue weighted by atomic mass is 10.3. The largest absolute Gasteiger partial charge is 0.441 e. The predicted octanol–water partition coefficient (Wildman–Crippen LogP) is 3.40. The van der Waals surface area contributed by atoms with E-state index in [-0.39, 0.29) is 5.04 Å². The van der Waals surface area contributed by atoms with E-state index in [1.807, 2.05) is 0 Å². The normalized spacial score (nSPS) is 14.3. The van der Waals surface area contributed by atoms with Crippen LogP contribution in [0.15, 0.2) is 0 Å². The van der Waals surface area contributed by atoms with E-state index < -0.39 is 26.6 Å². The maximum Gasteiger partial charge on any atom is 0.314 e. The number of hydrogen-bond donors (Lipinski definition) is 0. The van der Waals surface area contributed by atoms with E-state index in [9.17, 15) is 0 Å². The summed E-state index contributed by atoms with van der Waals surface area (Å²) in [5.74, 6) is 0. The summed E-state index contributed by atoms with van der Waals surface area (Å²) in [5.41, 5.74) is 0. The van der Waals surface area contributed by atoms with Crippen LogP contribution in [0.5, 0.6) is 0 Å².